The van der Waals surface area contributed by atoms with Crippen LogP contribution in [0.4, 0.5) is 0 Å². The van der Waals surface area contributed by atoms with Gasteiger partial charge in [-0.1, -0.05) is 68.3 Å². The van der Waals surface area contributed by atoms with Gasteiger partial charge in [-0.15, -0.1) is 0 Å². The Hall–Kier alpha value is -2.60. The van der Waals surface area contributed by atoms with Gasteiger partial charge in [0.2, 0.25) is 0 Å². The molecule has 0 radical (unpaired) electrons. The van der Waals surface area contributed by atoms with Crippen LogP contribution in [0.1, 0.15) is 32.6 Å². The van der Waals surface area contributed by atoms with E-state index in [-0.39, 0.29) is 12.5 Å². The summed E-state index contributed by atoms with van der Waals surface area (Å²) < 4.78 is 5.74. The van der Waals surface area contributed by atoms with Gasteiger partial charge in [0.25, 0.3) is 5.91 Å². The first-order chi connectivity index (χ1) is 13.6. The van der Waals surface area contributed by atoms with Gasteiger partial charge in [0.1, 0.15) is 5.75 Å². The van der Waals surface area contributed by atoms with Gasteiger partial charge in [-0.3, -0.25) is 15.6 Å². The van der Waals surface area contributed by atoms with Crippen molar-refractivity contribution in [3.63, 3.8) is 0 Å². The van der Waals surface area contributed by atoms with Crippen molar-refractivity contribution in [1.29, 1.82) is 0 Å². The standard InChI is InChI=1S/C22H27N3O2S/c1-16-9-5-7-13-19(16)23-22(28)25-24-21(26)15-27-20-14-8-6-12-18(20)17-10-3-2-4-11-17/h2-4,6,8,10-12,14,16,19H,5,7,9,13,15H2,1H3,(H,24,26)(H2,23,25,28)/t16-,19-/m1/s1. The lowest BCUT2D eigenvalue weighted by atomic mass is 9.86. The fourth-order valence-corrected chi connectivity index (χ4v) is 3.69. The van der Waals surface area contributed by atoms with Crippen LogP contribution >= 0.6 is 12.2 Å². The molecule has 28 heavy (non-hydrogen) atoms. The molecule has 1 aliphatic carbocycles. The number of rotatable bonds is 5. The number of thiocarbonyl (C=S) groups is 1. The van der Waals surface area contributed by atoms with E-state index in [9.17, 15) is 4.79 Å². The van der Waals surface area contributed by atoms with Gasteiger partial charge in [-0.05, 0) is 42.6 Å². The number of amides is 1. The molecular weight excluding hydrogens is 370 g/mol. The zero-order chi connectivity index (χ0) is 19.8. The second kappa shape index (κ2) is 10.1. The Bertz CT molecular complexity index is 797. The van der Waals surface area contributed by atoms with Crippen LogP contribution in [0.3, 0.4) is 0 Å². The van der Waals surface area contributed by atoms with Crippen molar-refractivity contribution >= 4 is 23.2 Å². The van der Waals surface area contributed by atoms with Gasteiger partial charge < -0.3 is 10.1 Å². The third-order valence-corrected chi connectivity index (χ3v) is 5.29. The van der Waals surface area contributed by atoms with E-state index >= 15 is 0 Å². The second-order valence-electron chi connectivity index (χ2n) is 7.17. The minimum Gasteiger partial charge on any atom is -0.483 e. The molecule has 2 atom stereocenters. The topological polar surface area (TPSA) is 62.4 Å². The van der Waals surface area contributed by atoms with Crippen LogP contribution in [0.25, 0.3) is 11.1 Å². The van der Waals surface area contributed by atoms with E-state index in [1.807, 2.05) is 54.6 Å². The first kappa shape index (κ1) is 20.1. The molecule has 0 unspecified atom stereocenters. The van der Waals surface area contributed by atoms with Gasteiger partial charge in [0.15, 0.2) is 11.7 Å². The van der Waals surface area contributed by atoms with E-state index in [2.05, 4.69) is 23.1 Å². The molecule has 1 aliphatic rings. The third kappa shape index (κ3) is 5.70. The molecule has 6 heteroatoms. The Morgan fingerprint density at radius 1 is 1.04 bits per heavy atom. The number of benzene rings is 2. The molecule has 2 aromatic carbocycles. The van der Waals surface area contributed by atoms with Gasteiger partial charge in [0, 0.05) is 11.6 Å². The van der Waals surface area contributed by atoms with Crippen LogP contribution in [-0.4, -0.2) is 23.7 Å². The van der Waals surface area contributed by atoms with E-state index < -0.39 is 0 Å². The Balaban J connectivity index is 1.47. The summed E-state index contributed by atoms with van der Waals surface area (Å²) in [6.07, 6.45) is 4.81. The maximum Gasteiger partial charge on any atom is 0.276 e. The number of nitrogens with one attached hydrogen (secondary N) is 3. The van der Waals surface area contributed by atoms with Crippen molar-refractivity contribution in [2.45, 2.75) is 38.6 Å². The number of hydrogen-bond donors (Lipinski definition) is 3. The van der Waals surface area contributed by atoms with Crippen molar-refractivity contribution in [1.82, 2.24) is 16.2 Å². The van der Waals surface area contributed by atoms with Crippen molar-refractivity contribution in [2.24, 2.45) is 5.92 Å². The third-order valence-electron chi connectivity index (χ3n) is 5.07. The zero-order valence-corrected chi connectivity index (χ0v) is 16.9. The summed E-state index contributed by atoms with van der Waals surface area (Å²) in [6, 6.07) is 18.0. The number of para-hydroxylation sites is 1. The van der Waals surface area contributed by atoms with Crippen LogP contribution in [0.15, 0.2) is 54.6 Å². The van der Waals surface area contributed by atoms with Crippen LogP contribution in [-0.2, 0) is 4.79 Å². The summed E-state index contributed by atoms with van der Waals surface area (Å²) in [5.41, 5.74) is 7.37. The van der Waals surface area contributed by atoms with E-state index in [1.54, 1.807) is 0 Å². The maximum absolute atomic E-state index is 12.1. The molecular formula is C22H27N3O2S. The molecule has 5 nitrogen and oxygen atoms in total. The number of hydrazine groups is 1. The average molecular weight is 398 g/mol. The fourth-order valence-electron chi connectivity index (χ4n) is 3.49. The van der Waals surface area contributed by atoms with Crippen LogP contribution < -0.4 is 20.9 Å². The highest BCUT2D eigenvalue weighted by molar-refractivity contribution is 7.80. The molecule has 0 saturated heterocycles. The molecule has 1 amide bonds. The summed E-state index contributed by atoms with van der Waals surface area (Å²) >= 11 is 5.29. The van der Waals surface area contributed by atoms with Crippen molar-refractivity contribution in [3.8, 4) is 16.9 Å². The molecule has 0 spiro atoms. The summed E-state index contributed by atoms with van der Waals surface area (Å²) in [6.45, 7) is 2.13. The van der Waals surface area contributed by atoms with E-state index in [0.29, 0.717) is 22.8 Å². The first-order valence-electron chi connectivity index (χ1n) is 9.76. The highest BCUT2D eigenvalue weighted by Gasteiger charge is 2.21. The fraction of sp³-hybridized carbons (Fsp3) is 0.364. The minimum absolute atomic E-state index is 0.0979. The van der Waals surface area contributed by atoms with Crippen molar-refractivity contribution in [3.05, 3.63) is 54.6 Å². The molecule has 0 aromatic heterocycles. The Labute approximate surface area is 171 Å². The van der Waals surface area contributed by atoms with Crippen LogP contribution in [0.5, 0.6) is 5.75 Å². The first-order valence-corrected chi connectivity index (χ1v) is 10.2. The van der Waals surface area contributed by atoms with Crippen LogP contribution in [0.2, 0.25) is 0 Å². The second-order valence-corrected chi connectivity index (χ2v) is 7.57. The summed E-state index contributed by atoms with van der Waals surface area (Å²) in [5, 5.41) is 3.73. The SMILES string of the molecule is C[C@@H]1CCCC[C@H]1NC(=S)NNC(=O)COc1ccccc1-c1ccccc1. The number of carbonyl (C=O) groups excluding carboxylic acids is 1. The predicted octanol–water partition coefficient (Wildman–Crippen LogP) is 3.81. The number of ether oxygens (including phenoxy) is 1. The smallest absolute Gasteiger partial charge is 0.276 e. The Kier molecular flexibility index (Phi) is 7.25. The van der Waals surface area contributed by atoms with E-state index in [0.717, 1.165) is 17.5 Å². The normalized spacial score (nSPS) is 18.8. The summed E-state index contributed by atoms with van der Waals surface area (Å²) in [7, 11) is 0. The molecule has 1 saturated carbocycles. The van der Waals surface area contributed by atoms with Gasteiger partial charge >= 0.3 is 0 Å². The largest absolute Gasteiger partial charge is 0.483 e. The lowest BCUT2D eigenvalue weighted by Crippen LogP contribution is -2.52. The monoisotopic (exact) mass is 397 g/mol. The summed E-state index contributed by atoms with van der Waals surface area (Å²) in [5.74, 6) is 0.964. The van der Waals surface area contributed by atoms with Gasteiger partial charge in [-0.2, -0.15) is 0 Å². The average Bonchev–Trinajstić information content (AvgIpc) is 2.73. The van der Waals surface area contributed by atoms with Crippen molar-refractivity contribution in [2.75, 3.05) is 6.61 Å². The summed E-state index contributed by atoms with van der Waals surface area (Å²) in [4.78, 5) is 12.1. The van der Waals surface area contributed by atoms with Crippen LogP contribution in [0, 0.1) is 5.92 Å². The molecule has 148 valence electrons. The van der Waals surface area contributed by atoms with Gasteiger partial charge in [-0.25, -0.2) is 0 Å². The quantitative estimate of drug-likeness (QED) is 0.529. The highest BCUT2D eigenvalue weighted by atomic mass is 32.1. The Morgan fingerprint density at radius 3 is 2.54 bits per heavy atom. The lowest BCUT2D eigenvalue weighted by Gasteiger charge is -2.30. The molecule has 2 aromatic rings. The molecule has 3 N–H and O–H groups in total. The maximum atomic E-state index is 12.1. The highest BCUT2D eigenvalue weighted by Crippen LogP contribution is 2.29. The zero-order valence-electron chi connectivity index (χ0n) is 16.1. The predicted molar refractivity (Wildman–Crippen MR) is 116 cm³/mol. The van der Waals surface area contributed by atoms with E-state index in [4.69, 9.17) is 17.0 Å². The Morgan fingerprint density at radius 2 is 1.75 bits per heavy atom. The minimum atomic E-state index is -0.288. The number of carbonyl (C=O) groups is 1. The van der Waals surface area contributed by atoms with Crippen molar-refractivity contribution < 1.29 is 9.53 Å². The lowest BCUT2D eigenvalue weighted by molar-refractivity contribution is -0.123. The molecule has 0 heterocycles. The molecule has 3 rings (SSSR count). The molecule has 1 fully saturated rings. The molecule has 0 aliphatic heterocycles. The van der Waals surface area contributed by atoms with E-state index in [1.165, 1.54) is 19.3 Å². The number of hydrogen-bond acceptors (Lipinski definition) is 3. The molecule has 0 bridgehead atoms. The van der Waals surface area contributed by atoms with Gasteiger partial charge in [0.05, 0.1) is 0 Å².